The third-order valence-corrected chi connectivity index (χ3v) is 12.1. The van der Waals surface area contributed by atoms with Crippen LogP contribution in [0.4, 0.5) is 0 Å². The van der Waals surface area contributed by atoms with Gasteiger partial charge in [0.25, 0.3) is 0 Å². The van der Waals surface area contributed by atoms with Gasteiger partial charge in [0.15, 0.2) is 0 Å². The first-order valence-electron chi connectivity index (χ1n) is 16.4. The summed E-state index contributed by atoms with van der Waals surface area (Å²) >= 11 is 0.250. The first-order chi connectivity index (χ1) is 24.3. The average Bonchev–Trinajstić information content (AvgIpc) is 3.56. The van der Waals surface area contributed by atoms with E-state index < -0.39 is 0 Å². The van der Waals surface area contributed by atoms with E-state index >= 15 is 0 Å². The van der Waals surface area contributed by atoms with Crippen molar-refractivity contribution in [2.75, 3.05) is 0 Å². The van der Waals surface area contributed by atoms with Crippen LogP contribution in [0.1, 0.15) is 0 Å². The zero-order chi connectivity index (χ0) is 32.3. The maximum absolute atomic E-state index is 5.19. The van der Waals surface area contributed by atoms with Crippen LogP contribution in [0, 0.1) is 0 Å². The molecule has 2 heterocycles. The number of hydrogen-bond donors (Lipinski definition) is 0. The van der Waals surface area contributed by atoms with Crippen molar-refractivity contribution in [2.24, 2.45) is 0 Å². The summed E-state index contributed by atoms with van der Waals surface area (Å²) in [6.07, 6.45) is 0. The Morgan fingerprint density at radius 3 is 1.49 bits per heavy atom. The molecule has 0 radical (unpaired) electrons. The van der Waals surface area contributed by atoms with Crippen LogP contribution in [0.2, 0.25) is 0 Å². The predicted octanol–water partition coefficient (Wildman–Crippen LogP) is 11.4. The van der Waals surface area contributed by atoms with Crippen LogP contribution in [0.3, 0.4) is 0 Å². The normalized spacial score (nSPS) is 11.7. The Labute approximate surface area is 288 Å². The van der Waals surface area contributed by atoms with Crippen LogP contribution in [-0.2, 0) is 0 Å². The molecule has 0 amide bonds. The smallest absolute Gasteiger partial charge is 0.0544 e. The molecule has 10 aromatic rings. The molecule has 0 N–H and O–H groups in total. The molecule has 8 aromatic carbocycles. The molecule has 0 unspecified atom stereocenters. The van der Waals surface area contributed by atoms with Gasteiger partial charge in [-0.15, -0.1) is 0 Å². The molecule has 0 fully saturated rings. The molecule has 2 aromatic heterocycles. The average molecular weight is 689 g/mol. The molecule has 0 spiro atoms. The molecular weight excluding hydrogens is 661 g/mol. The summed E-state index contributed by atoms with van der Waals surface area (Å²) in [6, 6.07) is 58.4. The Balaban J connectivity index is 1.20. The SMILES string of the molecule is c1ccc2cc(-c3nc(-c4ccc5ccccc5c4)nc(-c4cccc5c(-c6cccc7c6[se]c6ccccc67)cccc45)n3)ccc2c1. The van der Waals surface area contributed by atoms with Gasteiger partial charge in [0.2, 0.25) is 0 Å². The number of fused-ring (bicyclic) bond motifs is 6. The molecule has 228 valence electrons. The van der Waals surface area contributed by atoms with E-state index in [9.17, 15) is 0 Å². The number of nitrogens with zero attached hydrogens (tertiary/aromatic N) is 3. The second-order valence-corrected chi connectivity index (χ2v) is 14.6. The van der Waals surface area contributed by atoms with Crippen LogP contribution < -0.4 is 0 Å². The Morgan fingerprint density at radius 2 is 0.816 bits per heavy atom. The van der Waals surface area contributed by atoms with Crippen molar-refractivity contribution in [3.63, 3.8) is 0 Å². The zero-order valence-electron chi connectivity index (χ0n) is 26.3. The van der Waals surface area contributed by atoms with Gasteiger partial charge in [-0.3, -0.25) is 0 Å². The van der Waals surface area contributed by atoms with Gasteiger partial charge < -0.3 is 0 Å². The van der Waals surface area contributed by atoms with Crippen LogP contribution in [0.25, 0.3) is 96.9 Å². The minimum absolute atomic E-state index is 0.250. The fourth-order valence-corrected chi connectivity index (χ4v) is 9.69. The number of benzene rings is 8. The van der Waals surface area contributed by atoms with Crippen molar-refractivity contribution < 1.29 is 0 Å². The number of hydrogen-bond acceptors (Lipinski definition) is 3. The van der Waals surface area contributed by atoms with Crippen molar-refractivity contribution >= 4 is 66.1 Å². The van der Waals surface area contributed by atoms with E-state index in [1.165, 1.54) is 46.6 Å². The van der Waals surface area contributed by atoms with Crippen molar-refractivity contribution in [1.82, 2.24) is 15.0 Å². The Morgan fingerprint density at radius 1 is 0.327 bits per heavy atom. The monoisotopic (exact) mass is 689 g/mol. The Hall–Kier alpha value is -5.93. The van der Waals surface area contributed by atoms with Crippen molar-refractivity contribution in [3.8, 4) is 45.3 Å². The van der Waals surface area contributed by atoms with Crippen LogP contribution in [0.5, 0.6) is 0 Å². The van der Waals surface area contributed by atoms with Gasteiger partial charge in [0.1, 0.15) is 0 Å². The first kappa shape index (κ1) is 28.1. The molecule has 0 bridgehead atoms. The summed E-state index contributed by atoms with van der Waals surface area (Å²) in [6.45, 7) is 0. The van der Waals surface area contributed by atoms with Crippen molar-refractivity contribution in [1.29, 1.82) is 0 Å². The van der Waals surface area contributed by atoms with Gasteiger partial charge >= 0.3 is 231 Å². The second kappa shape index (κ2) is 11.3. The van der Waals surface area contributed by atoms with Gasteiger partial charge in [-0.05, 0) is 10.8 Å². The van der Waals surface area contributed by atoms with E-state index in [-0.39, 0.29) is 14.5 Å². The first-order valence-corrected chi connectivity index (χ1v) is 18.2. The summed E-state index contributed by atoms with van der Waals surface area (Å²) in [4.78, 5) is 15.5. The minimum atomic E-state index is 0.250. The fraction of sp³-hybridized carbons (Fsp3) is 0. The van der Waals surface area contributed by atoms with Gasteiger partial charge in [0, 0.05) is 0 Å². The summed E-state index contributed by atoms with van der Waals surface area (Å²) in [5, 5.41) is 9.74. The molecule has 3 nitrogen and oxygen atoms in total. The quantitative estimate of drug-likeness (QED) is 0.173. The van der Waals surface area contributed by atoms with Gasteiger partial charge in [-0.25, -0.2) is 0 Å². The van der Waals surface area contributed by atoms with Crippen LogP contribution >= 0.6 is 0 Å². The molecule has 0 aliphatic carbocycles. The van der Waals surface area contributed by atoms with Crippen LogP contribution in [-0.4, -0.2) is 29.5 Å². The maximum atomic E-state index is 5.19. The summed E-state index contributed by atoms with van der Waals surface area (Å²) < 4.78 is 2.90. The number of aromatic nitrogens is 3. The number of rotatable bonds is 4. The van der Waals surface area contributed by atoms with Gasteiger partial charge in [-0.2, -0.15) is 0 Å². The van der Waals surface area contributed by atoms with E-state index in [1.54, 1.807) is 0 Å². The van der Waals surface area contributed by atoms with E-state index in [0.717, 1.165) is 32.8 Å². The van der Waals surface area contributed by atoms with Gasteiger partial charge in [-0.1, -0.05) is 48.5 Å². The summed E-state index contributed by atoms with van der Waals surface area (Å²) in [7, 11) is 0. The van der Waals surface area contributed by atoms with E-state index in [0.29, 0.717) is 17.5 Å². The molecule has 0 saturated heterocycles. The standard InChI is InChI=1S/C45H27N3Se/c1-3-12-30-26-32(24-22-28(30)10-1)43-46-44(33-25-23-29-11-2-4-13-31(29)27-33)48-45(47-43)40-20-8-15-34-35(16-7-17-36(34)40)38-18-9-19-39-37-14-5-6-21-41(37)49-42(38)39/h1-27H. The molecule has 0 aliphatic heterocycles. The van der Waals surface area contributed by atoms with Gasteiger partial charge in [0.05, 0.1) is 0 Å². The molecule has 0 atom stereocenters. The third-order valence-electron chi connectivity index (χ3n) is 9.51. The van der Waals surface area contributed by atoms with Crippen LogP contribution in [0.15, 0.2) is 164 Å². The molecule has 10 rings (SSSR count). The fourth-order valence-electron chi connectivity index (χ4n) is 7.11. The van der Waals surface area contributed by atoms with E-state index in [4.69, 9.17) is 15.0 Å². The summed E-state index contributed by atoms with van der Waals surface area (Å²) in [5.74, 6) is 1.99. The summed E-state index contributed by atoms with van der Waals surface area (Å²) in [5.41, 5.74) is 5.47. The van der Waals surface area contributed by atoms with Crippen molar-refractivity contribution in [3.05, 3.63) is 164 Å². The minimum Gasteiger partial charge on any atom is -0.0544 e. The van der Waals surface area contributed by atoms with Crippen molar-refractivity contribution in [2.45, 2.75) is 0 Å². The predicted molar refractivity (Wildman–Crippen MR) is 206 cm³/mol. The Bertz CT molecular complexity index is 2810. The molecule has 0 aliphatic rings. The molecule has 0 saturated carbocycles. The molecular formula is C45H27N3Se. The molecule has 49 heavy (non-hydrogen) atoms. The van der Waals surface area contributed by atoms with E-state index in [1.807, 2.05) is 0 Å². The van der Waals surface area contributed by atoms with E-state index in [2.05, 4.69) is 164 Å². The Kier molecular flexibility index (Phi) is 6.51. The third kappa shape index (κ3) is 4.76. The second-order valence-electron chi connectivity index (χ2n) is 12.4. The topological polar surface area (TPSA) is 38.7 Å². The zero-order valence-corrected chi connectivity index (χ0v) is 28.1. The molecule has 4 heteroatoms.